The van der Waals surface area contributed by atoms with Gasteiger partial charge in [0.05, 0.1) is 11.1 Å². The van der Waals surface area contributed by atoms with Gasteiger partial charge in [-0.15, -0.1) is 0 Å². The molecule has 0 bridgehead atoms. The molecular formula is C26H33ClN6O. The van der Waals surface area contributed by atoms with Crippen molar-refractivity contribution in [2.45, 2.75) is 53.1 Å². The van der Waals surface area contributed by atoms with Crippen LogP contribution in [-0.4, -0.2) is 63.6 Å². The van der Waals surface area contributed by atoms with Crippen molar-refractivity contribution in [3.63, 3.8) is 0 Å². The predicted molar refractivity (Wildman–Crippen MR) is 138 cm³/mol. The maximum absolute atomic E-state index is 13.1. The van der Waals surface area contributed by atoms with Crippen LogP contribution in [0, 0.1) is 5.41 Å². The van der Waals surface area contributed by atoms with Crippen molar-refractivity contribution in [2.24, 2.45) is 5.41 Å². The molecule has 0 radical (unpaired) electrons. The highest BCUT2D eigenvalue weighted by Gasteiger charge is 2.38. The number of carbonyl (C=O) groups is 1. The fourth-order valence-electron chi connectivity index (χ4n) is 5.00. The molecule has 5 rings (SSSR count). The van der Waals surface area contributed by atoms with E-state index in [-0.39, 0.29) is 18.0 Å². The second-order valence-electron chi connectivity index (χ2n) is 10.7. The zero-order chi connectivity index (χ0) is 24.2. The minimum Gasteiger partial charge on any atom is -0.369 e. The third-order valence-corrected chi connectivity index (χ3v) is 7.22. The Balaban J connectivity index is 1.59. The number of nitrogens with zero attached hydrogens (tertiary/aromatic N) is 6. The molecule has 2 atom stereocenters. The van der Waals surface area contributed by atoms with Crippen LogP contribution < -0.4 is 9.80 Å². The smallest absolute Gasteiger partial charge is 0.228 e. The van der Waals surface area contributed by atoms with Crippen LogP contribution in [0.15, 0.2) is 36.8 Å². The van der Waals surface area contributed by atoms with E-state index in [1.54, 1.807) is 6.33 Å². The molecule has 0 N–H and O–H groups in total. The third kappa shape index (κ3) is 3.90. The Morgan fingerprint density at radius 2 is 1.85 bits per heavy atom. The molecule has 34 heavy (non-hydrogen) atoms. The summed E-state index contributed by atoms with van der Waals surface area (Å²) in [7, 11) is 0. The van der Waals surface area contributed by atoms with E-state index in [2.05, 4.69) is 40.5 Å². The molecule has 3 aromatic rings. The number of benzene rings is 1. The summed E-state index contributed by atoms with van der Waals surface area (Å²) in [6.45, 7) is 13.8. The number of piperazine rings is 1. The van der Waals surface area contributed by atoms with E-state index in [0.29, 0.717) is 11.6 Å². The number of hydrogen-bond acceptors (Lipinski definition) is 5. The van der Waals surface area contributed by atoms with Crippen LogP contribution >= 0.6 is 11.6 Å². The molecule has 0 unspecified atom stereocenters. The van der Waals surface area contributed by atoms with Crippen LogP contribution in [0.4, 0.5) is 11.5 Å². The molecule has 2 aliphatic rings. The first-order valence-corrected chi connectivity index (χ1v) is 12.5. The number of hydrogen-bond donors (Lipinski definition) is 0. The van der Waals surface area contributed by atoms with E-state index < -0.39 is 5.41 Å². The van der Waals surface area contributed by atoms with Crippen LogP contribution in [0.1, 0.15) is 41.0 Å². The molecule has 0 aliphatic carbocycles. The minimum absolute atomic E-state index is 0.0930. The third-order valence-electron chi connectivity index (χ3n) is 6.99. The molecule has 2 aromatic heterocycles. The van der Waals surface area contributed by atoms with E-state index in [0.717, 1.165) is 47.9 Å². The molecule has 2 saturated heterocycles. The van der Waals surface area contributed by atoms with E-state index in [4.69, 9.17) is 21.6 Å². The van der Waals surface area contributed by atoms with Gasteiger partial charge >= 0.3 is 0 Å². The fraction of sp³-hybridized carbons (Fsp3) is 0.500. The summed E-state index contributed by atoms with van der Waals surface area (Å²) in [5.41, 5.74) is 2.63. The number of aromatic nitrogens is 3. The van der Waals surface area contributed by atoms with Crippen molar-refractivity contribution >= 4 is 40.0 Å². The maximum atomic E-state index is 13.1. The summed E-state index contributed by atoms with van der Waals surface area (Å²) < 4.78 is 2.12. The quantitative estimate of drug-likeness (QED) is 0.541. The average molecular weight is 481 g/mol. The highest BCUT2D eigenvalue weighted by molar-refractivity contribution is 6.30. The van der Waals surface area contributed by atoms with Gasteiger partial charge < -0.3 is 14.7 Å². The highest BCUT2D eigenvalue weighted by Crippen LogP contribution is 2.39. The largest absolute Gasteiger partial charge is 0.369 e. The molecule has 2 fully saturated rings. The van der Waals surface area contributed by atoms with Gasteiger partial charge in [-0.05, 0) is 38.5 Å². The number of halogens is 1. The van der Waals surface area contributed by atoms with Crippen molar-refractivity contribution in [3.8, 4) is 5.69 Å². The summed E-state index contributed by atoms with van der Waals surface area (Å²) >= 11 is 6.32. The first-order valence-electron chi connectivity index (χ1n) is 12.1. The van der Waals surface area contributed by atoms with Gasteiger partial charge in [-0.2, -0.15) is 0 Å². The van der Waals surface area contributed by atoms with Gasteiger partial charge in [0, 0.05) is 60.6 Å². The van der Waals surface area contributed by atoms with Gasteiger partial charge in [-0.3, -0.25) is 9.36 Å². The topological polar surface area (TPSA) is 57.5 Å². The zero-order valence-corrected chi connectivity index (χ0v) is 21.4. The SMILES string of the molecule is C[C@@H]1CN(c2ncnc3c2c(N2CCC2)cn3-c2cccc(Cl)c2)[C@@H](C)CN1C(=O)C(C)(C)C. The van der Waals surface area contributed by atoms with Crippen molar-refractivity contribution in [1.82, 2.24) is 19.4 Å². The lowest BCUT2D eigenvalue weighted by atomic mass is 9.92. The van der Waals surface area contributed by atoms with Gasteiger partial charge in [-0.25, -0.2) is 9.97 Å². The van der Waals surface area contributed by atoms with Crippen molar-refractivity contribution in [1.29, 1.82) is 0 Å². The molecule has 8 heteroatoms. The van der Waals surface area contributed by atoms with E-state index in [1.165, 1.54) is 6.42 Å². The Morgan fingerprint density at radius 3 is 2.50 bits per heavy atom. The molecule has 4 heterocycles. The fourth-order valence-corrected chi connectivity index (χ4v) is 5.18. The molecule has 7 nitrogen and oxygen atoms in total. The second-order valence-corrected chi connectivity index (χ2v) is 11.1. The summed E-state index contributed by atoms with van der Waals surface area (Å²) in [5, 5.41) is 1.76. The lowest BCUT2D eigenvalue weighted by molar-refractivity contribution is -0.142. The van der Waals surface area contributed by atoms with Gasteiger partial charge in [-0.1, -0.05) is 38.4 Å². The lowest BCUT2D eigenvalue weighted by Crippen LogP contribution is -2.60. The Kier molecular flexibility index (Phi) is 5.71. The summed E-state index contributed by atoms with van der Waals surface area (Å²) in [6, 6.07) is 8.09. The number of fused-ring (bicyclic) bond motifs is 1. The maximum Gasteiger partial charge on any atom is 0.228 e. The van der Waals surface area contributed by atoms with E-state index in [1.807, 2.05) is 43.9 Å². The molecule has 180 valence electrons. The summed E-state index contributed by atoms with van der Waals surface area (Å²) in [6.07, 6.45) is 5.01. The molecule has 1 amide bonds. The predicted octanol–water partition coefficient (Wildman–Crippen LogP) is 4.76. The Morgan fingerprint density at radius 1 is 1.09 bits per heavy atom. The number of amides is 1. The van der Waals surface area contributed by atoms with Crippen molar-refractivity contribution in [2.75, 3.05) is 36.0 Å². The molecule has 0 spiro atoms. The standard InChI is InChI=1S/C26H33ClN6O/c1-17-14-32(25(34)26(3,4)5)18(2)13-31(17)23-22-21(30-10-7-11-30)15-33(24(22)29-16-28-23)20-9-6-8-19(27)12-20/h6,8-9,12,15-18H,7,10-11,13-14H2,1-5H3/t17-,18+/m0/s1. The van der Waals surface area contributed by atoms with Crippen molar-refractivity contribution in [3.05, 3.63) is 41.8 Å². The van der Waals surface area contributed by atoms with Crippen LogP contribution in [0.2, 0.25) is 5.02 Å². The molecule has 2 aliphatic heterocycles. The summed E-state index contributed by atoms with van der Waals surface area (Å²) in [5.74, 6) is 1.14. The molecular weight excluding hydrogens is 448 g/mol. The first kappa shape index (κ1) is 23.0. The average Bonchev–Trinajstić information content (AvgIpc) is 3.12. The van der Waals surface area contributed by atoms with E-state index >= 15 is 0 Å². The van der Waals surface area contributed by atoms with Crippen LogP contribution in [0.3, 0.4) is 0 Å². The Labute approximate surface area is 206 Å². The van der Waals surface area contributed by atoms with Gasteiger partial charge in [0.15, 0.2) is 5.65 Å². The van der Waals surface area contributed by atoms with Crippen LogP contribution in [0.25, 0.3) is 16.7 Å². The van der Waals surface area contributed by atoms with Crippen molar-refractivity contribution < 1.29 is 4.79 Å². The van der Waals surface area contributed by atoms with Gasteiger partial charge in [0.2, 0.25) is 5.91 Å². The first-order chi connectivity index (χ1) is 16.1. The highest BCUT2D eigenvalue weighted by atomic mass is 35.5. The zero-order valence-electron chi connectivity index (χ0n) is 20.6. The minimum atomic E-state index is -0.392. The van der Waals surface area contributed by atoms with Crippen LogP contribution in [0.5, 0.6) is 0 Å². The van der Waals surface area contributed by atoms with E-state index in [9.17, 15) is 4.79 Å². The lowest BCUT2D eigenvalue weighted by Gasteiger charge is -2.46. The number of carbonyl (C=O) groups excluding carboxylic acids is 1. The Bertz CT molecular complexity index is 1230. The monoisotopic (exact) mass is 480 g/mol. The van der Waals surface area contributed by atoms with Gasteiger partial charge in [0.1, 0.15) is 12.1 Å². The molecule has 1 aromatic carbocycles. The second kappa shape index (κ2) is 8.45. The normalized spacial score (nSPS) is 21.2. The number of rotatable bonds is 3. The number of anilines is 2. The van der Waals surface area contributed by atoms with Crippen LogP contribution in [-0.2, 0) is 4.79 Å². The molecule has 0 saturated carbocycles. The van der Waals surface area contributed by atoms with Gasteiger partial charge in [0.25, 0.3) is 0 Å². The Hall–Kier alpha value is -2.80. The summed E-state index contributed by atoms with van der Waals surface area (Å²) in [4.78, 5) is 29.4.